The molecular formula is C19H23NO4S. The number of aryl methyl sites for hydroxylation is 1. The van der Waals surface area contributed by atoms with Crippen LogP contribution in [-0.4, -0.2) is 30.6 Å². The van der Waals surface area contributed by atoms with Crippen molar-refractivity contribution in [2.75, 3.05) is 13.7 Å². The highest BCUT2D eigenvalue weighted by Crippen LogP contribution is 2.21. The van der Waals surface area contributed by atoms with Crippen LogP contribution in [0, 0.1) is 5.92 Å². The molecule has 0 spiro atoms. The molecule has 0 aliphatic rings. The molecule has 0 aliphatic heterocycles. The fraction of sp³-hybridized carbons (Fsp3) is 0.368. The Bertz CT molecular complexity index is 684. The lowest BCUT2D eigenvalue weighted by Gasteiger charge is -2.15. The lowest BCUT2D eigenvalue weighted by atomic mass is 9.98. The first-order chi connectivity index (χ1) is 12.1. The molecule has 2 rings (SSSR count). The summed E-state index contributed by atoms with van der Waals surface area (Å²) in [4.78, 5) is 24.7. The van der Waals surface area contributed by atoms with E-state index in [1.807, 2.05) is 29.6 Å². The maximum atomic E-state index is 11.9. The van der Waals surface area contributed by atoms with E-state index in [9.17, 15) is 14.7 Å². The van der Waals surface area contributed by atoms with E-state index < -0.39 is 11.9 Å². The van der Waals surface area contributed by atoms with Crippen LogP contribution in [0.1, 0.15) is 23.3 Å². The molecule has 25 heavy (non-hydrogen) atoms. The van der Waals surface area contributed by atoms with Gasteiger partial charge >= 0.3 is 5.97 Å². The number of thiophene rings is 1. The molecule has 6 heteroatoms. The SMILES string of the molecule is COc1ccccc1CC(CNC(=O)CCCc1cccs1)C(=O)O. The van der Waals surface area contributed by atoms with E-state index >= 15 is 0 Å². The van der Waals surface area contributed by atoms with E-state index in [2.05, 4.69) is 11.4 Å². The summed E-state index contributed by atoms with van der Waals surface area (Å²) < 4.78 is 5.26. The summed E-state index contributed by atoms with van der Waals surface area (Å²) in [5, 5.41) is 14.2. The van der Waals surface area contributed by atoms with Crippen LogP contribution in [0.4, 0.5) is 0 Å². The first kappa shape index (κ1) is 19.0. The van der Waals surface area contributed by atoms with Crippen LogP contribution in [-0.2, 0) is 22.4 Å². The number of carbonyl (C=O) groups is 2. The lowest BCUT2D eigenvalue weighted by molar-refractivity contribution is -0.141. The Hall–Kier alpha value is -2.34. The number of hydrogen-bond acceptors (Lipinski definition) is 4. The number of rotatable bonds is 10. The van der Waals surface area contributed by atoms with E-state index in [1.165, 1.54) is 4.88 Å². The summed E-state index contributed by atoms with van der Waals surface area (Å²) in [5.74, 6) is -1.05. The molecule has 0 fully saturated rings. The monoisotopic (exact) mass is 361 g/mol. The third-order valence-corrected chi connectivity index (χ3v) is 4.90. The second-order valence-electron chi connectivity index (χ2n) is 5.79. The van der Waals surface area contributed by atoms with Crippen LogP contribution < -0.4 is 10.1 Å². The number of carboxylic acids is 1. The number of methoxy groups -OCH3 is 1. The molecule has 0 saturated heterocycles. The van der Waals surface area contributed by atoms with Gasteiger partial charge in [0.05, 0.1) is 13.0 Å². The second-order valence-corrected chi connectivity index (χ2v) is 6.82. The molecule has 5 nitrogen and oxygen atoms in total. The maximum absolute atomic E-state index is 11.9. The largest absolute Gasteiger partial charge is 0.496 e. The Labute approximate surface area is 151 Å². The Morgan fingerprint density at radius 1 is 1.24 bits per heavy atom. The first-order valence-corrected chi connectivity index (χ1v) is 9.12. The Morgan fingerprint density at radius 2 is 2.04 bits per heavy atom. The fourth-order valence-corrected chi connectivity index (χ4v) is 3.34. The topological polar surface area (TPSA) is 75.6 Å². The standard InChI is InChI=1S/C19H23NO4S/c1-24-17-9-3-2-6-14(17)12-15(19(22)23)13-20-18(21)10-4-7-16-8-5-11-25-16/h2-3,5-6,8-9,11,15H,4,7,10,12-13H2,1H3,(H,20,21)(H,22,23). The zero-order valence-corrected chi connectivity index (χ0v) is 15.1. The van der Waals surface area contributed by atoms with Crippen molar-refractivity contribution < 1.29 is 19.4 Å². The number of nitrogens with one attached hydrogen (secondary N) is 1. The van der Waals surface area contributed by atoms with E-state index in [1.54, 1.807) is 24.5 Å². The van der Waals surface area contributed by atoms with Gasteiger partial charge in [-0.25, -0.2) is 0 Å². The molecule has 0 saturated carbocycles. The molecular weight excluding hydrogens is 338 g/mol. The molecule has 1 aromatic heterocycles. The summed E-state index contributed by atoms with van der Waals surface area (Å²) in [6.07, 6.45) is 2.35. The lowest BCUT2D eigenvalue weighted by Crippen LogP contribution is -2.34. The van der Waals surface area contributed by atoms with Gasteiger partial charge in [0.25, 0.3) is 0 Å². The highest BCUT2D eigenvalue weighted by atomic mass is 32.1. The Kier molecular flexibility index (Phi) is 7.47. The third-order valence-electron chi connectivity index (χ3n) is 3.96. The van der Waals surface area contributed by atoms with Crippen molar-refractivity contribution in [2.24, 2.45) is 5.92 Å². The number of amides is 1. The molecule has 0 radical (unpaired) electrons. The van der Waals surface area contributed by atoms with Crippen molar-refractivity contribution in [3.63, 3.8) is 0 Å². The Balaban J connectivity index is 1.80. The molecule has 2 aromatic rings. The highest BCUT2D eigenvalue weighted by Gasteiger charge is 2.20. The van der Waals surface area contributed by atoms with Crippen LogP contribution in [0.25, 0.3) is 0 Å². The van der Waals surface area contributed by atoms with Gasteiger partial charge in [0, 0.05) is 17.8 Å². The summed E-state index contributed by atoms with van der Waals surface area (Å²) in [7, 11) is 1.56. The van der Waals surface area contributed by atoms with Crippen molar-refractivity contribution in [2.45, 2.75) is 25.7 Å². The average Bonchev–Trinajstić information content (AvgIpc) is 3.12. The molecule has 134 valence electrons. The maximum Gasteiger partial charge on any atom is 0.308 e. The number of carbonyl (C=O) groups excluding carboxylic acids is 1. The van der Waals surface area contributed by atoms with Crippen LogP contribution in [0.5, 0.6) is 5.75 Å². The quantitative estimate of drug-likeness (QED) is 0.682. The van der Waals surface area contributed by atoms with Crippen molar-refractivity contribution >= 4 is 23.2 Å². The second kappa shape index (κ2) is 9.84. The molecule has 2 N–H and O–H groups in total. The van der Waals surface area contributed by atoms with Gasteiger partial charge in [-0.3, -0.25) is 9.59 Å². The van der Waals surface area contributed by atoms with Gasteiger partial charge in [-0.2, -0.15) is 0 Å². The smallest absolute Gasteiger partial charge is 0.308 e. The van der Waals surface area contributed by atoms with E-state index in [4.69, 9.17) is 4.74 Å². The van der Waals surface area contributed by atoms with Crippen LogP contribution in [0.2, 0.25) is 0 Å². The molecule has 0 aliphatic carbocycles. The zero-order chi connectivity index (χ0) is 18.1. The molecule has 1 unspecified atom stereocenters. The van der Waals surface area contributed by atoms with Crippen LogP contribution >= 0.6 is 11.3 Å². The normalized spacial score (nSPS) is 11.7. The number of aliphatic carboxylic acids is 1. The van der Waals surface area contributed by atoms with Gasteiger partial charge in [0.1, 0.15) is 5.75 Å². The Morgan fingerprint density at radius 3 is 2.72 bits per heavy atom. The molecule has 1 amide bonds. The van der Waals surface area contributed by atoms with Gasteiger partial charge in [0.15, 0.2) is 0 Å². The van der Waals surface area contributed by atoms with Crippen molar-refractivity contribution in [1.29, 1.82) is 0 Å². The van der Waals surface area contributed by atoms with Gasteiger partial charge < -0.3 is 15.2 Å². The van der Waals surface area contributed by atoms with Gasteiger partial charge in [-0.15, -0.1) is 11.3 Å². The summed E-state index contributed by atoms with van der Waals surface area (Å²) in [6, 6.07) is 11.4. The van der Waals surface area contributed by atoms with Crippen LogP contribution in [0.3, 0.4) is 0 Å². The third kappa shape index (κ3) is 6.23. The van der Waals surface area contributed by atoms with Gasteiger partial charge in [-0.05, 0) is 42.3 Å². The van der Waals surface area contributed by atoms with Crippen molar-refractivity contribution in [3.8, 4) is 5.75 Å². The molecule has 1 heterocycles. The number of ether oxygens (including phenoxy) is 1. The highest BCUT2D eigenvalue weighted by molar-refractivity contribution is 7.09. The van der Waals surface area contributed by atoms with E-state index in [0.717, 1.165) is 18.4 Å². The summed E-state index contributed by atoms with van der Waals surface area (Å²) >= 11 is 1.68. The zero-order valence-electron chi connectivity index (χ0n) is 14.2. The minimum atomic E-state index is -0.926. The molecule has 1 atom stereocenters. The number of benzene rings is 1. The van der Waals surface area contributed by atoms with E-state index in [0.29, 0.717) is 18.6 Å². The first-order valence-electron chi connectivity index (χ1n) is 8.24. The molecule has 1 aromatic carbocycles. The van der Waals surface area contributed by atoms with Crippen molar-refractivity contribution in [3.05, 3.63) is 52.2 Å². The molecule has 0 bridgehead atoms. The fourth-order valence-electron chi connectivity index (χ4n) is 2.59. The number of hydrogen-bond donors (Lipinski definition) is 2. The van der Waals surface area contributed by atoms with Crippen molar-refractivity contribution in [1.82, 2.24) is 5.32 Å². The summed E-state index contributed by atoms with van der Waals surface area (Å²) in [5.41, 5.74) is 0.823. The number of carboxylic acid groups (broad SMARTS) is 1. The van der Waals surface area contributed by atoms with Gasteiger partial charge in [-0.1, -0.05) is 24.3 Å². The summed E-state index contributed by atoms with van der Waals surface area (Å²) in [6.45, 7) is 0.116. The van der Waals surface area contributed by atoms with Gasteiger partial charge in [0.2, 0.25) is 5.91 Å². The predicted molar refractivity (Wildman–Crippen MR) is 98.1 cm³/mol. The van der Waals surface area contributed by atoms with E-state index in [-0.39, 0.29) is 12.5 Å². The minimum Gasteiger partial charge on any atom is -0.496 e. The average molecular weight is 361 g/mol. The minimum absolute atomic E-state index is 0.108. The number of para-hydroxylation sites is 1. The van der Waals surface area contributed by atoms with Crippen LogP contribution in [0.15, 0.2) is 41.8 Å². The predicted octanol–water partition coefficient (Wildman–Crippen LogP) is 3.14.